The van der Waals surface area contributed by atoms with Crippen LogP contribution in [0.15, 0.2) is 30.5 Å². The molecule has 0 spiro atoms. The lowest BCUT2D eigenvalue weighted by atomic mass is 10.1. The Morgan fingerprint density at radius 3 is 3.10 bits per heavy atom. The van der Waals surface area contributed by atoms with Crippen LogP contribution in [0.25, 0.3) is 10.9 Å². The van der Waals surface area contributed by atoms with Crippen LogP contribution in [-0.2, 0) is 6.54 Å². The highest BCUT2D eigenvalue weighted by Gasteiger charge is 2.14. The second-order valence-corrected chi connectivity index (χ2v) is 2.80. The Hall–Kier alpha value is -1.24. The Morgan fingerprint density at radius 2 is 2.20 bits per heavy atom. The van der Waals surface area contributed by atoms with Gasteiger partial charge in [-0.05, 0) is 17.0 Å². The number of hydrogen-bond acceptors (Lipinski definition) is 0. The molecule has 0 N–H and O–H groups in total. The van der Waals surface area contributed by atoms with Gasteiger partial charge in [-0.15, -0.1) is 0 Å². The third kappa shape index (κ3) is 0.338. The third-order valence-corrected chi connectivity index (χ3v) is 2.21. The summed E-state index contributed by atoms with van der Waals surface area (Å²) in [5.41, 5.74) is 2.92. The van der Waals surface area contributed by atoms with Crippen molar-refractivity contribution in [1.29, 1.82) is 0 Å². The van der Waals surface area contributed by atoms with Gasteiger partial charge in [0.1, 0.15) is 0 Å². The molecule has 1 aromatic heterocycles. The van der Waals surface area contributed by atoms with Crippen LogP contribution >= 0.6 is 0 Å². The molecule has 1 nitrogen and oxygen atoms in total. The van der Waals surface area contributed by atoms with Crippen molar-refractivity contribution in [3.63, 3.8) is 0 Å². The smallest absolute Gasteiger partial charge is 0.0534 e. The fourth-order valence-corrected chi connectivity index (χ4v) is 1.69. The average Bonchev–Trinajstić information content (AvgIpc) is 2.25. The van der Waals surface area contributed by atoms with Gasteiger partial charge in [-0.2, -0.15) is 0 Å². The van der Waals surface area contributed by atoms with Crippen molar-refractivity contribution in [1.82, 2.24) is 4.57 Å². The van der Waals surface area contributed by atoms with E-state index in [2.05, 4.69) is 35.0 Å². The summed E-state index contributed by atoms with van der Waals surface area (Å²) in [5, 5.41) is 1.38. The summed E-state index contributed by atoms with van der Waals surface area (Å²) in [6.07, 6.45) is 2.15. The molecule has 48 valence electrons. The maximum absolute atomic E-state index is 2.28. The fourth-order valence-electron chi connectivity index (χ4n) is 1.69. The molecule has 0 amide bonds. The van der Waals surface area contributed by atoms with Gasteiger partial charge in [0.15, 0.2) is 0 Å². The first kappa shape index (κ1) is 4.56. The summed E-state index contributed by atoms with van der Waals surface area (Å²) < 4.78 is 2.28. The zero-order valence-electron chi connectivity index (χ0n) is 5.54. The Labute approximate surface area is 58.9 Å². The first-order valence-electron chi connectivity index (χ1n) is 3.52. The molecule has 0 saturated heterocycles. The van der Waals surface area contributed by atoms with Gasteiger partial charge in [-0.3, -0.25) is 0 Å². The zero-order valence-corrected chi connectivity index (χ0v) is 5.54. The summed E-state index contributed by atoms with van der Waals surface area (Å²) in [7, 11) is 0. The topological polar surface area (TPSA) is 4.93 Å². The predicted molar refractivity (Wildman–Crippen MR) is 41.0 cm³/mol. The molecule has 3 rings (SSSR count). The van der Waals surface area contributed by atoms with E-state index in [0.717, 1.165) is 6.54 Å². The van der Waals surface area contributed by atoms with Gasteiger partial charge in [0.05, 0.1) is 5.52 Å². The molecule has 1 aliphatic rings. The molecule has 0 atom stereocenters. The maximum Gasteiger partial charge on any atom is 0.0534 e. The Balaban J connectivity index is 2.68. The number of aromatic nitrogens is 1. The van der Waals surface area contributed by atoms with Crippen LogP contribution < -0.4 is 0 Å². The summed E-state index contributed by atoms with van der Waals surface area (Å²) in [6.45, 7) is 1.11. The summed E-state index contributed by atoms with van der Waals surface area (Å²) in [6, 6.07) is 8.66. The number of para-hydroxylation sites is 1. The van der Waals surface area contributed by atoms with Crippen LogP contribution in [0.2, 0.25) is 0 Å². The molecule has 0 unspecified atom stereocenters. The molecule has 10 heavy (non-hydrogen) atoms. The molecule has 1 aliphatic heterocycles. The van der Waals surface area contributed by atoms with Crippen molar-refractivity contribution in [3.8, 4) is 0 Å². The van der Waals surface area contributed by atoms with Crippen molar-refractivity contribution in [3.05, 3.63) is 36.0 Å². The molecular formula is C9H7N. The van der Waals surface area contributed by atoms with E-state index in [4.69, 9.17) is 0 Å². The van der Waals surface area contributed by atoms with Crippen molar-refractivity contribution < 1.29 is 0 Å². The average molecular weight is 129 g/mol. The Bertz CT molecular complexity index is 398. The van der Waals surface area contributed by atoms with E-state index in [0.29, 0.717) is 0 Å². The van der Waals surface area contributed by atoms with Gasteiger partial charge in [-0.25, -0.2) is 0 Å². The maximum atomic E-state index is 2.28. The molecular weight excluding hydrogens is 122 g/mol. The second-order valence-electron chi connectivity index (χ2n) is 2.80. The highest BCUT2D eigenvalue weighted by Crippen LogP contribution is 2.28. The van der Waals surface area contributed by atoms with Gasteiger partial charge in [0, 0.05) is 12.7 Å². The number of benzene rings is 1. The summed E-state index contributed by atoms with van der Waals surface area (Å²) in [5.74, 6) is 0. The van der Waals surface area contributed by atoms with Gasteiger partial charge in [0.25, 0.3) is 0 Å². The van der Waals surface area contributed by atoms with Gasteiger partial charge < -0.3 is 4.57 Å². The predicted octanol–water partition coefficient (Wildman–Crippen LogP) is 2.00. The molecule has 0 radical (unpaired) electrons. The Kier molecular flexibility index (Phi) is 0.575. The summed E-state index contributed by atoms with van der Waals surface area (Å²) in [4.78, 5) is 0. The molecule has 1 aromatic carbocycles. The highest BCUT2D eigenvalue weighted by atomic mass is 15.0. The van der Waals surface area contributed by atoms with Crippen LogP contribution in [-0.4, -0.2) is 4.57 Å². The number of hydrogen-bond donors (Lipinski definition) is 0. The lowest BCUT2D eigenvalue weighted by Crippen LogP contribution is -2.09. The monoisotopic (exact) mass is 129 g/mol. The third-order valence-electron chi connectivity index (χ3n) is 2.21. The van der Waals surface area contributed by atoms with Crippen LogP contribution in [0.5, 0.6) is 0 Å². The quantitative estimate of drug-likeness (QED) is 0.437. The van der Waals surface area contributed by atoms with Crippen molar-refractivity contribution in [2.45, 2.75) is 6.54 Å². The minimum Gasteiger partial charge on any atom is -0.343 e. The summed E-state index contributed by atoms with van der Waals surface area (Å²) >= 11 is 0. The SMILES string of the molecule is c1cc2c3c(c1)ccn3C2. The van der Waals surface area contributed by atoms with E-state index in [1.54, 1.807) is 0 Å². The van der Waals surface area contributed by atoms with E-state index in [9.17, 15) is 0 Å². The molecule has 0 aliphatic carbocycles. The minimum absolute atomic E-state index is 1.11. The van der Waals surface area contributed by atoms with Crippen molar-refractivity contribution in [2.75, 3.05) is 0 Å². The lowest BCUT2D eigenvalue weighted by Gasteiger charge is -2.17. The highest BCUT2D eigenvalue weighted by molar-refractivity contribution is 5.86. The van der Waals surface area contributed by atoms with Crippen LogP contribution in [0.4, 0.5) is 0 Å². The van der Waals surface area contributed by atoms with E-state index >= 15 is 0 Å². The van der Waals surface area contributed by atoms with Crippen molar-refractivity contribution >= 4 is 10.9 Å². The van der Waals surface area contributed by atoms with E-state index < -0.39 is 0 Å². The van der Waals surface area contributed by atoms with E-state index in [-0.39, 0.29) is 0 Å². The largest absolute Gasteiger partial charge is 0.343 e. The zero-order chi connectivity index (χ0) is 6.55. The normalized spacial score (nSPS) is 13.6. The van der Waals surface area contributed by atoms with Crippen LogP contribution in [0.1, 0.15) is 5.56 Å². The standard InChI is InChI=1S/C9H7N/c1-2-7-4-5-10-6-8(3-1)9(7)10/h1-5H,6H2. The number of rotatable bonds is 0. The lowest BCUT2D eigenvalue weighted by molar-refractivity contribution is 0.776. The van der Waals surface area contributed by atoms with Gasteiger partial charge in [-0.1, -0.05) is 18.2 Å². The Morgan fingerprint density at radius 1 is 1.20 bits per heavy atom. The van der Waals surface area contributed by atoms with E-state index in [1.807, 2.05) is 0 Å². The van der Waals surface area contributed by atoms with Gasteiger partial charge in [0.2, 0.25) is 0 Å². The van der Waals surface area contributed by atoms with Crippen LogP contribution in [0.3, 0.4) is 0 Å². The molecule has 0 saturated carbocycles. The minimum atomic E-state index is 1.11. The fraction of sp³-hybridized carbons (Fsp3) is 0.111. The molecule has 0 bridgehead atoms. The molecule has 1 heteroatoms. The van der Waals surface area contributed by atoms with Crippen molar-refractivity contribution in [2.24, 2.45) is 0 Å². The first-order valence-corrected chi connectivity index (χ1v) is 3.52. The molecule has 2 heterocycles. The van der Waals surface area contributed by atoms with Gasteiger partial charge >= 0.3 is 0 Å². The molecule has 0 fully saturated rings. The molecule has 2 aromatic rings. The number of nitrogens with zero attached hydrogens (tertiary/aromatic N) is 1. The van der Waals surface area contributed by atoms with Crippen LogP contribution in [0, 0.1) is 0 Å². The second kappa shape index (κ2) is 1.26. The van der Waals surface area contributed by atoms with E-state index in [1.165, 1.54) is 16.5 Å². The first-order chi connectivity index (χ1) is 4.95.